The summed E-state index contributed by atoms with van der Waals surface area (Å²) in [6.07, 6.45) is 5.26. The SMILES string of the molecule is Cc1nn(C)c(NCC2CC3CCC(C2)N3C)c1C#N. The standard InChI is InChI=1S/C15H23N5/c1-10-14(8-16)15(20(3)18-10)17-9-11-6-12-4-5-13(7-11)19(12)2/h11-13,17H,4-7,9H2,1-3H3. The lowest BCUT2D eigenvalue weighted by Crippen LogP contribution is -2.41. The number of nitrogens with zero attached hydrogens (tertiary/aromatic N) is 4. The molecule has 2 atom stereocenters. The Kier molecular flexibility index (Phi) is 3.43. The van der Waals surface area contributed by atoms with Gasteiger partial charge in [0.05, 0.1) is 5.69 Å². The van der Waals surface area contributed by atoms with Crippen molar-refractivity contribution in [1.82, 2.24) is 14.7 Å². The van der Waals surface area contributed by atoms with Crippen molar-refractivity contribution >= 4 is 5.82 Å². The zero-order valence-corrected chi connectivity index (χ0v) is 12.6. The molecule has 3 heterocycles. The molecule has 0 radical (unpaired) electrons. The van der Waals surface area contributed by atoms with Crippen LogP contribution >= 0.6 is 0 Å². The molecule has 0 saturated carbocycles. The van der Waals surface area contributed by atoms with E-state index in [-0.39, 0.29) is 0 Å². The Balaban J connectivity index is 1.65. The molecule has 1 N–H and O–H groups in total. The van der Waals surface area contributed by atoms with E-state index < -0.39 is 0 Å². The van der Waals surface area contributed by atoms with Crippen molar-refractivity contribution in [3.63, 3.8) is 0 Å². The summed E-state index contributed by atoms with van der Waals surface area (Å²) in [5.74, 6) is 1.58. The van der Waals surface area contributed by atoms with Gasteiger partial charge in [-0.3, -0.25) is 4.68 Å². The molecule has 2 aliphatic rings. The summed E-state index contributed by atoms with van der Waals surface area (Å²) >= 11 is 0. The maximum atomic E-state index is 9.23. The smallest absolute Gasteiger partial charge is 0.142 e. The van der Waals surface area contributed by atoms with Gasteiger partial charge in [0.15, 0.2) is 0 Å². The highest BCUT2D eigenvalue weighted by Gasteiger charge is 2.38. The molecule has 2 aliphatic heterocycles. The molecule has 1 aromatic heterocycles. The van der Waals surface area contributed by atoms with Crippen molar-refractivity contribution in [3.8, 4) is 6.07 Å². The van der Waals surface area contributed by atoms with Crippen molar-refractivity contribution in [2.24, 2.45) is 13.0 Å². The molecular formula is C15H23N5. The largest absolute Gasteiger partial charge is 0.369 e. The number of hydrogen-bond donors (Lipinski definition) is 1. The molecule has 5 heteroatoms. The molecule has 2 fully saturated rings. The van der Waals surface area contributed by atoms with Crippen LogP contribution in [0.3, 0.4) is 0 Å². The van der Waals surface area contributed by atoms with Gasteiger partial charge in [0, 0.05) is 25.7 Å². The summed E-state index contributed by atoms with van der Waals surface area (Å²) in [6.45, 7) is 2.84. The van der Waals surface area contributed by atoms with Crippen LogP contribution in [0.1, 0.15) is 36.9 Å². The third kappa shape index (κ3) is 2.18. The Hall–Kier alpha value is -1.54. The lowest BCUT2D eigenvalue weighted by molar-refractivity contribution is 0.139. The number of anilines is 1. The third-order valence-electron chi connectivity index (χ3n) is 5.09. The van der Waals surface area contributed by atoms with Crippen LogP contribution in [-0.2, 0) is 7.05 Å². The second-order valence-electron chi connectivity index (χ2n) is 6.31. The zero-order chi connectivity index (χ0) is 14.3. The van der Waals surface area contributed by atoms with Crippen LogP contribution in [0.15, 0.2) is 0 Å². The van der Waals surface area contributed by atoms with Crippen molar-refractivity contribution < 1.29 is 0 Å². The Morgan fingerprint density at radius 2 is 1.95 bits per heavy atom. The minimum atomic E-state index is 0.684. The van der Waals surface area contributed by atoms with E-state index in [1.165, 1.54) is 25.7 Å². The van der Waals surface area contributed by atoms with Gasteiger partial charge in [-0.25, -0.2) is 0 Å². The topological polar surface area (TPSA) is 56.9 Å². The van der Waals surface area contributed by atoms with Crippen LogP contribution in [0.4, 0.5) is 5.82 Å². The first kappa shape index (κ1) is 13.4. The predicted molar refractivity (Wildman–Crippen MR) is 78.4 cm³/mol. The van der Waals surface area contributed by atoms with Crippen LogP contribution in [0, 0.1) is 24.2 Å². The van der Waals surface area contributed by atoms with Gasteiger partial charge < -0.3 is 10.2 Å². The molecule has 0 amide bonds. The van der Waals surface area contributed by atoms with E-state index in [1.54, 1.807) is 4.68 Å². The second kappa shape index (κ2) is 5.10. The van der Waals surface area contributed by atoms with E-state index in [4.69, 9.17) is 0 Å². The molecule has 108 valence electrons. The lowest BCUT2D eigenvalue weighted by atomic mass is 9.91. The highest BCUT2D eigenvalue weighted by molar-refractivity contribution is 5.54. The van der Waals surface area contributed by atoms with Gasteiger partial charge in [-0.05, 0) is 45.6 Å². The number of aromatic nitrogens is 2. The van der Waals surface area contributed by atoms with Gasteiger partial charge in [0.1, 0.15) is 17.5 Å². The van der Waals surface area contributed by atoms with Crippen molar-refractivity contribution in [3.05, 3.63) is 11.3 Å². The van der Waals surface area contributed by atoms with Gasteiger partial charge in [-0.2, -0.15) is 10.4 Å². The number of hydrogen-bond acceptors (Lipinski definition) is 4. The van der Waals surface area contributed by atoms with Gasteiger partial charge in [0.2, 0.25) is 0 Å². The number of aryl methyl sites for hydroxylation is 2. The molecule has 2 saturated heterocycles. The molecule has 0 spiro atoms. The van der Waals surface area contributed by atoms with Crippen LogP contribution in [0.2, 0.25) is 0 Å². The number of nitrogens with one attached hydrogen (secondary N) is 1. The molecule has 0 aromatic carbocycles. The monoisotopic (exact) mass is 273 g/mol. The van der Waals surface area contributed by atoms with E-state index in [1.807, 2.05) is 14.0 Å². The van der Waals surface area contributed by atoms with Crippen LogP contribution in [-0.4, -0.2) is 40.4 Å². The molecule has 0 aliphatic carbocycles. The number of piperidine rings is 1. The quantitative estimate of drug-likeness (QED) is 0.913. The fourth-order valence-electron chi connectivity index (χ4n) is 3.93. The molecule has 1 aromatic rings. The first-order valence-electron chi connectivity index (χ1n) is 7.49. The number of rotatable bonds is 3. The summed E-state index contributed by atoms with van der Waals surface area (Å²) in [6, 6.07) is 3.79. The van der Waals surface area contributed by atoms with Crippen molar-refractivity contribution in [1.29, 1.82) is 5.26 Å². The molecule has 2 unspecified atom stereocenters. The summed E-state index contributed by atoms with van der Waals surface area (Å²) in [7, 11) is 4.17. The average Bonchev–Trinajstić information content (AvgIpc) is 2.80. The normalized spacial score (nSPS) is 29.4. The second-order valence-corrected chi connectivity index (χ2v) is 6.31. The van der Waals surface area contributed by atoms with Crippen LogP contribution in [0.25, 0.3) is 0 Å². The van der Waals surface area contributed by atoms with Gasteiger partial charge in [0.25, 0.3) is 0 Å². The highest BCUT2D eigenvalue weighted by Crippen LogP contribution is 2.37. The first-order valence-corrected chi connectivity index (χ1v) is 7.49. The minimum absolute atomic E-state index is 0.684. The summed E-state index contributed by atoms with van der Waals surface area (Å²) < 4.78 is 1.79. The van der Waals surface area contributed by atoms with Crippen molar-refractivity contribution in [2.75, 3.05) is 18.9 Å². The minimum Gasteiger partial charge on any atom is -0.369 e. The fourth-order valence-corrected chi connectivity index (χ4v) is 3.93. The third-order valence-corrected chi connectivity index (χ3v) is 5.09. The maximum Gasteiger partial charge on any atom is 0.142 e. The van der Waals surface area contributed by atoms with E-state index in [9.17, 15) is 5.26 Å². The number of fused-ring (bicyclic) bond motifs is 2. The van der Waals surface area contributed by atoms with Crippen molar-refractivity contribution in [2.45, 2.75) is 44.7 Å². The van der Waals surface area contributed by atoms with E-state index in [0.717, 1.165) is 30.1 Å². The van der Waals surface area contributed by atoms with Gasteiger partial charge >= 0.3 is 0 Å². The molecule has 20 heavy (non-hydrogen) atoms. The summed E-state index contributed by atoms with van der Waals surface area (Å²) in [5.41, 5.74) is 1.49. The highest BCUT2D eigenvalue weighted by atomic mass is 15.3. The van der Waals surface area contributed by atoms with Crippen LogP contribution in [0.5, 0.6) is 0 Å². The Morgan fingerprint density at radius 3 is 2.55 bits per heavy atom. The van der Waals surface area contributed by atoms with Crippen LogP contribution < -0.4 is 5.32 Å². The predicted octanol–water partition coefficient (Wildman–Crippen LogP) is 1.88. The molecule has 3 rings (SSSR count). The van der Waals surface area contributed by atoms with E-state index in [2.05, 4.69) is 28.4 Å². The lowest BCUT2D eigenvalue weighted by Gasteiger charge is -2.36. The van der Waals surface area contributed by atoms with Gasteiger partial charge in [-0.1, -0.05) is 0 Å². The van der Waals surface area contributed by atoms with Gasteiger partial charge in [-0.15, -0.1) is 0 Å². The molecule has 5 nitrogen and oxygen atoms in total. The number of nitriles is 1. The molecular weight excluding hydrogens is 250 g/mol. The van der Waals surface area contributed by atoms with E-state index >= 15 is 0 Å². The Morgan fingerprint density at radius 1 is 1.30 bits per heavy atom. The average molecular weight is 273 g/mol. The first-order chi connectivity index (χ1) is 9.60. The summed E-state index contributed by atoms with van der Waals surface area (Å²) in [5, 5.41) is 17.0. The fraction of sp³-hybridized carbons (Fsp3) is 0.733. The summed E-state index contributed by atoms with van der Waals surface area (Å²) in [4.78, 5) is 2.56. The zero-order valence-electron chi connectivity index (χ0n) is 12.6. The Bertz CT molecular complexity index is 527. The maximum absolute atomic E-state index is 9.23. The Labute approximate surface area is 120 Å². The van der Waals surface area contributed by atoms with E-state index in [0.29, 0.717) is 11.5 Å². The molecule has 2 bridgehead atoms.